The number of ether oxygens (including phenoxy) is 3. The van der Waals surface area contributed by atoms with E-state index >= 15 is 0 Å². The van der Waals surface area contributed by atoms with Crippen LogP contribution in [0.1, 0.15) is 226 Å². The lowest BCUT2D eigenvalue weighted by Crippen LogP contribution is -2.30. The van der Waals surface area contributed by atoms with Crippen molar-refractivity contribution < 1.29 is 28.6 Å². The van der Waals surface area contributed by atoms with Gasteiger partial charge in [0.25, 0.3) is 0 Å². The first-order valence-electron chi connectivity index (χ1n) is 25.1. The summed E-state index contributed by atoms with van der Waals surface area (Å²) in [4.78, 5) is 37.9. The smallest absolute Gasteiger partial charge is 0.306 e. The van der Waals surface area contributed by atoms with Gasteiger partial charge in [0.15, 0.2) is 6.10 Å². The minimum Gasteiger partial charge on any atom is -0.462 e. The van der Waals surface area contributed by atoms with Gasteiger partial charge in [0.05, 0.1) is 0 Å². The fourth-order valence-electron chi connectivity index (χ4n) is 6.58. The quantitative estimate of drug-likeness (QED) is 0.0263. The van der Waals surface area contributed by atoms with E-state index in [9.17, 15) is 14.4 Å². The number of carbonyl (C=O) groups is 3. The van der Waals surface area contributed by atoms with Crippen molar-refractivity contribution in [1.29, 1.82) is 0 Å². The highest BCUT2D eigenvalue weighted by molar-refractivity contribution is 5.71. The second-order valence-electron chi connectivity index (χ2n) is 16.3. The molecule has 0 saturated carbocycles. The van der Waals surface area contributed by atoms with Crippen molar-refractivity contribution in [3.05, 3.63) is 85.1 Å². The average molecular weight is 849 g/mol. The summed E-state index contributed by atoms with van der Waals surface area (Å²) in [5, 5.41) is 0. The Bertz CT molecular complexity index is 1200. The molecule has 1 atom stereocenters. The van der Waals surface area contributed by atoms with Crippen molar-refractivity contribution >= 4 is 17.9 Å². The Morgan fingerprint density at radius 1 is 0.344 bits per heavy atom. The van der Waals surface area contributed by atoms with Gasteiger partial charge in [-0.1, -0.05) is 183 Å². The first kappa shape index (κ1) is 57.6. The molecular weight excluding hydrogens is 757 g/mol. The number of allylic oxidation sites excluding steroid dienone is 14. The van der Waals surface area contributed by atoms with E-state index in [4.69, 9.17) is 14.2 Å². The Balaban J connectivity index is 4.51. The molecular formula is C55H92O6. The van der Waals surface area contributed by atoms with Crippen molar-refractivity contribution in [1.82, 2.24) is 0 Å². The fourth-order valence-corrected chi connectivity index (χ4v) is 6.58. The first-order chi connectivity index (χ1) is 30.0. The minimum absolute atomic E-state index is 0.107. The van der Waals surface area contributed by atoms with Crippen molar-refractivity contribution in [3.63, 3.8) is 0 Å². The molecule has 0 aromatic heterocycles. The van der Waals surface area contributed by atoms with E-state index in [0.29, 0.717) is 12.8 Å². The van der Waals surface area contributed by atoms with Crippen LogP contribution in [0.4, 0.5) is 0 Å². The SMILES string of the molecule is CC/C=C\C/C=C\C/C=C\CCCCCCC(=O)OC(COC(=O)CCC/C=C\C/C=C\C/C=C\CCCCCCCC)COC(=O)CCCCCCC/C=C\CCCCC. The Hall–Kier alpha value is -3.41. The molecule has 0 radical (unpaired) electrons. The van der Waals surface area contributed by atoms with Gasteiger partial charge in [-0.3, -0.25) is 14.4 Å². The predicted octanol–water partition coefficient (Wildman–Crippen LogP) is 16.4. The number of hydrogen-bond donors (Lipinski definition) is 0. The van der Waals surface area contributed by atoms with Crippen LogP contribution in [0.2, 0.25) is 0 Å². The topological polar surface area (TPSA) is 78.9 Å². The van der Waals surface area contributed by atoms with Crippen LogP contribution in [-0.4, -0.2) is 37.2 Å². The number of esters is 3. The maximum absolute atomic E-state index is 12.8. The number of unbranched alkanes of at least 4 members (excludes halogenated alkanes) is 19. The normalized spacial score (nSPS) is 12.8. The van der Waals surface area contributed by atoms with Crippen molar-refractivity contribution in [2.24, 2.45) is 0 Å². The molecule has 61 heavy (non-hydrogen) atoms. The van der Waals surface area contributed by atoms with Crippen molar-refractivity contribution in [2.75, 3.05) is 13.2 Å². The molecule has 0 aliphatic heterocycles. The second-order valence-corrected chi connectivity index (χ2v) is 16.3. The van der Waals surface area contributed by atoms with Crippen LogP contribution in [0.3, 0.4) is 0 Å². The lowest BCUT2D eigenvalue weighted by molar-refractivity contribution is -0.167. The van der Waals surface area contributed by atoms with Gasteiger partial charge in [0, 0.05) is 19.3 Å². The van der Waals surface area contributed by atoms with Crippen molar-refractivity contribution in [2.45, 2.75) is 232 Å². The number of carbonyl (C=O) groups excluding carboxylic acids is 3. The molecule has 0 aromatic carbocycles. The molecule has 0 saturated heterocycles. The fraction of sp³-hybridized carbons (Fsp3) is 0.691. The van der Waals surface area contributed by atoms with E-state index in [1.807, 2.05) is 0 Å². The third kappa shape index (κ3) is 47.5. The molecule has 6 nitrogen and oxygen atoms in total. The molecule has 0 bridgehead atoms. The van der Waals surface area contributed by atoms with Crippen LogP contribution >= 0.6 is 0 Å². The summed E-state index contributed by atoms with van der Waals surface area (Å²) in [6, 6.07) is 0. The minimum atomic E-state index is -0.811. The molecule has 348 valence electrons. The van der Waals surface area contributed by atoms with Gasteiger partial charge in [-0.25, -0.2) is 0 Å². The predicted molar refractivity (Wildman–Crippen MR) is 261 cm³/mol. The molecule has 0 N–H and O–H groups in total. The summed E-state index contributed by atoms with van der Waals surface area (Å²) in [5.41, 5.74) is 0. The van der Waals surface area contributed by atoms with Gasteiger partial charge in [0.2, 0.25) is 0 Å². The third-order valence-electron chi connectivity index (χ3n) is 10.4. The zero-order chi connectivity index (χ0) is 44.4. The largest absolute Gasteiger partial charge is 0.462 e. The Labute approximate surface area is 375 Å². The molecule has 0 aliphatic rings. The molecule has 0 spiro atoms. The van der Waals surface area contributed by atoms with Crippen LogP contribution in [0.25, 0.3) is 0 Å². The third-order valence-corrected chi connectivity index (χ3v) is 10.4. The van der Waals surface area contributed by atoms with Gasteiger partial charge >= 0.3 is 17.9 Å². The highest BCUT2D eigenvalue weighted by atomic mass is 16.6. The van der Waals surface area contributed by atoms with E-state index in [0.717, 1.165) is 103 Å². The van der Waals surface area contributed by atoms with Crippen molar-refractivity contribution in [3.8, 4) is 0 Å². The number of hydrogen-bond acceptors (Lipinski definition) is 6. The molecule has 0 aromatic rings. The molecule has 6 heteroatoms. The van der Waals surface area contributed by atoms with Crippen LogP contribution in [0.15, 0.2) is 85.1 Å². The van der Waals surface area contributed by atoms with E-state index < -0.39 is 6.10 Å². The van der Waals surface area contributed by atoms with Gasteiger partial charge in [0.1, 0.15) is 13.2 Å². The maximum Gasteiger partial charge on any atom is 0.306 e. The highest BCUT2D eigenvalue weighted by Gasteiger charge is 2.19. The van der Waals surface area contributed by atoms with E-state index in [2.05, 4.69) is 106 Å². The van der Waals surface area contributed by atoms with Crippen LogP contribution in [-0.2, 0) is 28.6 Å². The summed E-state index contributed by atoms with van der Waals surface area (Å²) in [5.74, 6) is -0.996. The monoisotopic (exact) mass is 849 g/mol. The van der Waals surface area contributed by atoms with Gasteiger partial charge in [-0.2, -0.15) is 0 Å². The standard InChI is InChI=1S/C55H92O6/c1-4-7-10-13-16-19-22-25-27-28-29-31-33-36-39-42-45-48-54(57)60-51-52(50-59-53(56)47-44-41-38-35-32-24-21-18-15-12-9-6-3)61-55(58)49-46-43-40-37-34-30-26-23-20-17-14-11-8-5-2/h8,11,17-18,20-21,25-27,29-31,36,39,52H,4-7,9-10,12-16,19,22-24,28,32-35,37-38,40-51H2,1-3H3/b11-8-,20-17-,21-18-,27-25-,30-26-,31-29-,39-36-. The summed E-state index contributed by atoms with van der Waals surface area (Å²) in [6.07, 6.45) is 62.8. The Morgan fingerprint density at radius 3 is 1.11 bits per heavy atom. The zero-order valence-electron chi connectivity index (χ0n) is 39.7. The van der Waals surface area contributed by atoms with Crippen LogP contribution in [0, 0.1) is 0 Å². The van der Waals surface area contributed by atoms with E-state index in [1.54, 1.807) is 0 Å². The maximum atomic E-state index is 12.8. The summed E-state index contributed by atoms with van der Waals surface area (Å²) in [6.45, 7) is 6.41. The van der Waals surface area contributed by atoms with Crippen LogP contribution < -0.4 is 0 Å². The molecule has 0 fully saturated rings. The van der Waals surface area contributed by atoms with E-state index in [1.165, 1.54) is 77.0 Å². The summed E-state index contributed by atoms with van der Waals surface area (Å²) >= 11 is 0. The average Bonchev–Trinajstić information content (AvgIpc) is 3.26. The Morgan fingerprint density at radius 2 is 0.656 bits per heavy atom. The summed E-state index contributed by atoms with van der Waals surface area (Å²) in [7, 11) is 0. The lowest BCUT2D eigenvalue weighted by Gasteiger charge is -2.18. The molecule has 0 aliphatic carbocycles. The lowest BCUT2D eigenvalue weighted by atomic mass is 10.1. The zero-order valence-corrected chi connectivity index (χ0v) is 39.7. The number of rotatable bonds is 44. The van der Waals surface area contributed by atoms with E-state index in [-0.39, 0.29) is 44.0 Å². The highest BCUT2D eigenvalue weighted by Crippen LogP contribution is 2.12. The van der Waals surface area contributed by atoms with Gasteiger partial charge in [-0.15, -0.1) is 0 Å². The first-order valence-corrected chi connectivity index (χ1v) is 25.1. The second kappa shape index (κ2) is 49.2. The van der Waals surface area contributed by atoms with Gasteiger partial charge < -0.3 is 14.2 Å². The molecule has 0 heterocycles. The molecule has 0 amide bonds. The molecule has 1 unspecified atom stereocenters. The van der Waals surface area contributed by atoms with Gasteiger partial charge in [-0.05, 0) is 109 Å². The molecule has 0 rings (SSSR count). The van der Waals surface area contributed by atoms with Crippen LogP contribution in [0.5, 0.6) is 0 Å². The Kier molecular flexibility index (Phi) is 46.5. The summed E-state index contributed by atoms with van der Waals surface area (Å²) < 4.78 is 16.7.